The molecular weight excluding hydrogens is 220 g/mol. The van der Waals surface area contributed by atoms with Crippen molar-refractivity contribution < 1.29 is 24.9 Å². The molecule has 1 rings (SSSR count). The number of carboxylic acid groups (broad SMARTS) is 1. The van der Waals surface area contributed by atoms with Crippen molar-refractivity contribution in [2.24, 2.45) is 0 Å². The number of hydrogen-bond donors (Lipinski definition) is 3. The molecule has 5 nitrogen and oxygen atoms in total. The average Bonchev–Trinajstić information content (AvgIpc) is 2.64. The van der Waals surface area contributed by atoms with Crippen LogP contribution in [0.1, 0.15) is 27.6 Å². The van der Waals surface area contributed by atoms with Crippen LogP contribution in [0.15, 0.2) is 12.1 Å². The van der Waals surface area contributed by atoms with Crippen LogP contribution in [0.3, 0.4) is 0 Å². The van der Waals surface area contributed by atoms with Crippen molar-refractivity contribution in [1.29, 1.82) is 0 Å². The fourth-order valence-electron chi connectivity index (χ4n) is 0.992. The minimum atomic E-state index is -1.87. The van der Waals surface area contributed by atoms with Crippen molar-refractivity contribution in [2.45, 2.75) is 19.1 Å². The summed E-state index contributed by atoms with van der Waals surface area (Å²) in [5.41, 5.74) is 0. The molecule has 1 aromatic heterocycles. The van der Waals surface area contributed by atoms with E-state index in [0.717, 1.165) is 11.3 Å². The van der Waals surface area contributed by atoms with Crippen LogP contribution in [0.2, 0.25) is 0 Å². The molecule has 0 spiro atoms. The lowest BCUT2D eigenvalue weighted by atomic mass is 10.2. The van der Waals surface area contributed by atoms with Gasteiger partial charge in [0.1, 0.15) is 6.10 Å². The zero-order chi connectivity index (χ0) is 11.6. The Bertz CT molecular complexity index is 384. The molecule has 0 fully saturated rings. The Labute approximate surface area is 89.6 Å². The number of rotatable bonds is 4. The van der Waals surface area contributed by atoms with E-state index in [4.69, 9.17) is 10.2 Å². The van der Waals surface area contributed by atoms with Crippen LogP contribution in [-0.2, 0) is 4.79 Å². The fraction of sp³-hybridized carbons (Fsp3) is 0.333. The summed E-state index contributed by atoms with van der Waals surface area (Å²) in [7, 11) is 0. The van der Waals surface area contributed by atoms with Gasteiger partial charge in [-0.2, -0.15) is 0 Å². The number of aliphatic hydroxyl groups excluding tert-OH is 2. The molecule has 1 heterocycles. The van der Waals surface area contributed by atoms with E-state index in [9.17, 15) is 14.7 Å². The zero-order valence-corrected chi connectivity index (χ0v) is 8.69. The summed E-state index contributed by atoms with van der Waals surface area (Å²) < 4.78 is 0. The first-order valence-corrected chi connectivity index (χ1v) is 4.94. The Balaban J connectivity index is 2.87. The molecule has 0 amide bonds. The van der Waals surface area contributed by atoms with Gasteiger partial charge in [-0.3, -0.25) is 4.79 Å². The van der Waals surface area contributed by atoms with E-state index in [2.05, 4.69) is 0 Å². The van der Waals surface area contributed by atoms with Gasteiger partial charge in [-0.15, -0.1) is 11.3 Å². The smallest absolute Gasteiger partial charge is 0.335 e. The average molecular weight is 230 g/mol. The monoisotopic (exact) mass is 230 g/mol. The number of thiophene rings is 1. The van der Waals surface area contributed by atoms with E-state index in [1.165, 1.54) is 19.1 Å². The molecule has 0 aromatic carbocycles. The molecule has 0 radical (unpaired) electrons. The first kappa shape index (κ1) is 11.8. The molecule has 0 aliphatic heterocycles. The predicted molar refractivity (Wildman–Crippen MR) is 52.9 cm³/mol. The third-order valence-electron chi connectivity index (χ3n) is 1.82. The Hall–Kier alpha value is -1.24. The maximum Gasteiger partial charge on any atom is 0.335 e. The van der Waals surface area contributed by atoms with Crippen LogP contribution in [0.5, 0.6) is 0 Å². The maximum atomic E-state index is 10.9. The summed E-state index contributed by atoms with van der Waals surface area (Å²) in [6.45, 7) is 1.37. The summed E-state index contributed by atoms with van der Waals surface area (Å²) in [6.07, 6.45) is -3.37. The summed E-state index contributed by atoms with van der Waals surface area (Å²) >= 11 is 0.972. The molecular formula is C9H10O5S. The number of carbonyl (C=O) groups excluding carboxylic acids is 1. The van der Waals surface area contributed by atoms with Crippen LogP contribution in [0.4, 0.5) is 0 Å². The Kier molecular flexibility index (Phi) is 3.57. The highest BCUT2D eigenvalue weighted by Gasteiger charge is 2.26. The standard InChI is InChI=1S/C9H10O5S/c1-4(10)5-2-3-6(15-5)7(11)8(12)9(13)14/h2-3,7-8,11-12H,1H3,(H,13,14). The second-order valence-corrected chi connectivity index (χ2v) is 4.10. The molecule has 82 valence electrons. The van der Waals surface area contributed by atoms with Gasteiger partial charge in [0, 0.05) is 4.88 Å². The molecule has 0 bridgehead atoms. The molecule has 0 aliphatic rings. The van der Waals surface area contributed by atoms with Gasteiger partial charge < -0.3 is 15.3 Å². The third-order valence-corrected chi connectivity index (χ3v) is 3.07. The molecule has 15 heavy (non-hydrogen) atoms. The molecule has 0 saturated heterocycles. The van der Waals surface area contributed by atoms with Crippen LogP contribution >= 0.6 is 11.3 Å². The molecule has 6 heteroatoms. The number of hydrogen-bond acceptors (Lipinski definition) is 5. The van der Waals surface area contributed by atoms with Crippen LogP contribution in [0, 0.1) is 0 Å². The topological polar surface area (TPSA) is 94.8 Å². The minimum Gasteiger partial charge on any atom is -0.479 e. The number of aliphatic carboxylic acids is 1. The highest BCUT2D eigenvalue weighted by Crippen LogP contribution is 2.26. The summed E-state index contributed by atoms with van der Waals surface area (Å²) in [4.78, 5) is 22.0. The van der Waals surface area contributed by atoms with E-state index in [1.807, 2.05) is 0 Å². The van der Waals surface area contributed by atoms with Crippen molar-refractivity contribution in [3.8, 4) is 0 Å². The number of ketones is 1. The van der Waals surface area contributed by atoms with Gasteiger partial charge >= 0.3 is 5.97 Å². The first-order valence-electron chi connectivity index (χ1n) is 4.13. The van der Waals surface area contributed by atoms with E-state index in [1.54, 1.807) is 0 Å². The van der Waals surface area contributed by atoms with Gasteiger partial charge in [-0.05, 0) is 19.1 Å². The quantitative estimate of drug-likeness (QED) is 0.652. The highest BCUT2D eigenvalue weighted by molar-refractivity contribution is 7.14. The van der Waals surface area contributed by atoms with E-state index in [-0.39, 0.29) is 10.7 Å². The lowest BCUT2D eigenvalue weighted by Gasteiger charge is -2.11. The predicted octanol–water partition coefficient (Wildman–Crippen LogP) is 0.430. The van der Waals surface area contributed by atoms with Crippen molar-refractivity contribution in [1.82, 2.24) is 0 Å². The van der Waals surface area contributed by atoms with Crippen LogP contribution in [-0.4, -0.2) is 33.2 Å². The lowest BCUT2D eigenvalue weighted by Crippen LogP contribution is -2.26. The fourth-order valence-corrected chi connectivity index (χ4v) is 1.91. The third kappa shape index (κ3) is 2.62. The van der Waals surface area contributed by atoms with Crippen molar-refractivity contribution >= 4 is 23.1 Å². The normalized spacial score (nSPS) is 14.6. The van der Waals surface area contributed by atoms with Gasteiger partial charge in [0.05, 0.1) is 4.88 Å². The van der Waals surface area contributed by atoms with E-state index < -0.39 is 18.2 Å². The Morgan fingerprint density at radius 1 is 1.33 bits per heavy atom. The minimum absolute atomic E-state index is 0.164. The van der Waals surface area contributed by atoms with Gasteiger partial charge in [-0.25, -0.2) is 4.79 Å². The molecule has 1 aromatic rings. The lowest BCUT2D eigenvalue weighted by molar-refractivity contribution is -0.152. The first-order chi connectivity index (χ1) is 6.93. The van der Waals surface area contributed by atoms with Crippen molar-refractivity contribution in [3.63, 3.8) is 0 Å². The molecule has 0 aliphatic carbocycles. The van der Waals surface area contributed by atoms with Gasteiger partial charge in [0.15, 0.2) is 11.9 Å². The van der Waals surface area contributed by atoms with Crippen molar-refractivity contribution in [2.75, 3.05) is 0 Å². The number of Topliss-reactive ketones (excluding diaryl/α,β-unsaturated/α-hetero) is 1. The molecule has 2 atom stereocenters. The van der Waals surface area contributed by atoms with Crippen LogP contribution < -0.4 is 0 Å². The number of aliphatic hydroxyl groups is 2. The second-order valence-electron chi connectivity index (χ2n) is 2.99. The molecule has 0 saturated carbocycles. The Morgan fingerprint density at radius 3 is 2.33 bits per heavy atom. The summed E-state index contributed by atoms with van der Waals surface area (Å²) in [6, 6.07) is 2.92. The van der Waals surface area contributed by atoms with E-state index in [0.29, 0.717) is 4.88 Å². The molecule has 2 unspecified atom stereocenters. The van der Waals surface area contributed by atoms with E-state index >= 15 is 0 Å². The van der Waals surface area contributed by atoms with Gasteiger partial charge in [0.2, 0.25) is 0 Å². The summed E-state index contributed by atoms with van der Waals surface area (Å²) in [5, 5.41) is 26.9. The SMILES string of the molecule is CC(=O)c1ccc(C(O)C(O)C(=O)O)s1. The summed E-state index contributed by atoms with van der Waals surface area (Å²) in [5.74, 6) is -1.66. The number of carboxylic acids is 1. The second kappa shape index (κ2) is 4.52. The molecule has 3 N–H and O–H groups in total. The Morgan fingerprint density at radius 2 is 1.93 bits per heavy atom. The largest absolute Gasteiger partial charge is 0.479 e. The van der Waals surface area contributed by atoms with Crippen LogP contribution in [0.25, 0.3) is 0 Å². The van der Waals surface area contributed by atoms with Gasteiger partial charge in [0.25, 0.3) is 0 Å². The van der Waals surface area contributed by atoms with Crippen molar-refractivity contribution in [3.05, 3.63) is 21.9 Å². The highest BCUT2D eigenvalue weighted by atomic mass is 32.1. The number of carbonyl (C=O) groups is 2. The zero-order valence-electron chi connectivity index (χ0n) is 7.88. The van der Waals surface area contributed by atoms with Gasteiger partial charge in [-0.1, -0.05) is 0 Å². The maximum absolute atomic E-state index is 10.9.